The Labute approximate surface area is 106 Å². The highest BCUT2D eigenvalue weighted by atomic mass is 32.2. The van der Waals surface area contributed by atoms with E-state index in [1.165, 1.54) is 4.31 Å². The largest absolute Gasteiger partial charge is 0.320 e. The summed E-state index contributed by atoms with van der Waals surface area (Å²) < 4.78 is 27.5. The molecule has 0 aliphatic rings. The van der Waals surface area contributed by atoms with Crippen LogP contribution in [0.25, 0.3) is 0 Å². The summed E-state index contributed by atoms with van der Waals surface area (Å²) in [4.78, 5) is 0. The topological polar surface area (TPSA) is 61.4 Å². The summed E-state index contributed by atoms with van der Waals surface area (Å²) in [5.74, 6) is 0.618. The summed E-state index contributed by atoms with van der Waals surface area (Å²) in [6, 6.07) is 0. The molecule has 0 fully saturated rings. The first-order chi connectivity index (χ1) is 7.90. The van der Waals surface area contributed by atoms with Crippen LogP contribution in [0.4, 0.5) is 0 Å². The Kier molecular flexibility index (Phi) is 8.77. The second kappa shape index (κ2) is 8.85. The lowest BCUT2D eigenvalue weighted by Crippen LogP contribution is -2.39. The molecule has 6 heteroatoms. The van der Waals surface area contributed by atoms with Crippen molar-refractivity contribution in [3.63, 3.8) is 0 Å². The van der Waals surface area contributed by atoms with Gasteiger partial charge in [-0.25, -0.2) is 4.72 Å². The molecule has 2 N–H and O–H groups in total. The molecule has 0 aromatic heterocycles. The fourth-order valence-electron chi connectivity index (χ4n) is 1.42. The van der Waals surface area contributed by atoms with Crippen LogP contribution in [0.2, 0.25) is 0 Å². The zero-order valence-corrected chi connectivity index (χ0v) is 12.3. The molecule has 0 aliphatic carbocycles. The maximum atomic E-state index is 11.8. The summed E-state index contributed by atoms with van der Waals surface area (Å²) in [5.41, 5.74) is 0. The van der Waals surface area contributed by atoms with E-state index in [2.05, 4.69) is 23.9 Å². The molecule has 0 aromatic carbocycles. The van der Waals surface area contributed by atoms with E-state index in [0.717, 1.165) is 25.8 Å². The van der Waals surface area contributed by atoms with Gasteiger partial charge in [0, 0.05) is 20.1 Å². The number of hydrogen-bond donors (Lipinski definition) is 2. The van der Waals surface area contributed by atoms with Gasteiger partial charge in [-0.05, 0) is 38.8 Å². The van der Waals surface area contributed by atoms with Crippen LogP contribution in [-0.2, 0) is 10.2 Å². The first-order valence-electron chi connectivity index (χ1n) is 6.25. The van der Waals surface area contributed by atoms with Crippen LogP contribution in [0.5, 0.6) is 0 Å². The second-order valence-electron chi connectivity index (χ2n) is 4.71. The molecule has 0 atom stereocenters. The first-order valence-corrected chi connectivity index (χ1v) is 7.69. The van der Waals surface area contributed by atoms with E-state index in [0.29, 0.717) is 19.0 Å². The van der Waals surface area contributed by atoms with Gasteiger partial charge in [-0.15, -0.1) is 0 Å². The Morgan fingerprint density at radius 1 is 1.18 bits per heavy atom. The van der Waals surface area contributed by atoms with Crippen molar-refractivity contribution in [2.24, 2.45) is 5.92 Å². The molecule has 5 nitrogen and oxygen atoms in total. The number of nitrogens with one attached hydrogen (secondary N) is 2. The zero-order valence-electron chi connectivity index (χ0n) is 11.5. The average molecular weight is 265 g/mol. The highest BCUT2D eigenvalue weighted by molar-refractivity contribution is 7.87. The molecule has 0 amide bonds. The van der Waals surface area contributed by atoms with E-state index in [1.54, 1.807) is 7.05 Å². The van der Waals surface area contributed by atoms with Crippen molar-refractivity contribution in [3.05, 3.63) is 0 Å². The predicted octanol–water partition coefficient (Wildman–Crippen LogP) is 0.798. The minimum absolute atomic E-state index is 0.525. The molecular formula is C11H27N3O2S. The lowest BCUT2D eigenvalue weighted by Gasteiger charge is -2.17. The van der Waals surface area contributed by atoms with E-state index >= 15 is 0 Å². The molecule has 0 heterocycles. The third-order valence-corrected chi connectivity index (χ3v) is 4.12. The Morgan fingerprint density at radius 3 is 2.35 bits per heavy atom. The number of hydrogen-bond acceptors (Lipinski definition) is 3. The monoisotopic (exact) mass is 265 g/mol. The van der Waals surface area contributed by atoms with Gasteiger partial charge in [0.1, 0.15) is 0 Å². The Balaban J connectivity index is 3.85. The van der Waals surface area contributed by atoms with Crippen LogP contribution >= 0.6 is 0 Å². The molecular weight excluding hydrogens is 238 g/mol. The molecule has 0 saturated heterocycles. The number of nitrogens with zero attached hydrogens (tertiary/aromatic N) is 1. The van der Waals surface area contributed by atoms with Gasteiger partial charge >= 0.3 is 0 Å². The van der Waals surface area contributed by atoms with Crippen LogP contribution in [0.15, 0.2) is 0 Å². The maximum Gasteiger partial charge on any atom is 0.279 e. The summed E-state index contributed by atoms with van der Waals surface area (Å²) >= 11 is 0. The summed E-state index contributed by atoms with van der Waals surface area (Å²) in [7, 11) is 0.188. The smallest absolute Gasteiger partial charge is 0.279 e. The van der Waals surface area contributed by atoms with Crippen LogP contribution in [-0.4, -0.2) is 46.5 Å². The third kappa shape index (κ3) is 8.54. The van der Waals surface area contributed by atoms with Crippen molar-refractivity contribution >= 4 is 10.2 Å². The normalized spacial score (nSPS) is 12.6. The minimum Gasteiger partial charge on any atom is -0.320 e. The molecule has 0 rings (SSSR count). The molecule has 0 spiro atoms. The van der Waals surface area contributed by atoms with Gasteiger partial charge in [0.25, 0.3) is 10.2 Å². The van der Waals surface area contributed by atoms with E-state index in [4.69, 9.17) is 0 Å². The molecule has 0 aromatic rings. The third-order valence-electron chi connectivity index (χ3n) is 2.55. The standard InChI is InChI=1S/C11H27N3O2S/c1-11(2)7-5-9-13-17(15,16)14(4)10-6-8-12-3/h11-13H,5-10H2,1-4H3. The molecule has 0 radical (unpaired) electrons. The van der Waals surface area contributed by atoms with Crippen LogP contribution in [0, 0.1) is 5.92 Å². The van der Waals surface area contributed by atoms with E-state index < -0.39 is 10.2 Å². The zero-order chi connectivity index (χ0) is 13.3. The highest BCUT2D eigenvalue weighted by Gasteiger charge is 2.15. The van der Waals surface area contributed by atoms with Crippen LogP contribution in [0.1, 0.15) is 33.1 Å². The molecule has 0 aliphatic heterocycles. The SMILES string of the molecule is CNCCCN(C)S(=O)(=O)NCCCC(C)C. The second-order valence-corrected chi connectivity index (χ2v) is 6.58. The van der Waals surface area contributed by atoms with Crippen molar-refractivity contribution < 1.29 is 8.42 Å². The molecule has 0 unspecified atom stereocenters. The molecule has 104 valence electrons. The quantitative estimate of drug-likeness (QED) is 0.574. The lowest BCUT2D eigenvalue weighted by molar-refractivity contribution is 0.444. The van der Waals surface area contributed by atoms with Crippen LogP contribution < -0.4 is 10.0 Å². The van der Waals surface area contributed by atoms with E-state index in [1.807, 2.05) is 7.05 Å². The summed E-state index contributed by atoms with van der Waals surface area (Å²) in [6.45, 7) is 6.17. The van der Waals surface area contributed by atoms with Crippen molar-refractivity contribution in [1.29, 1.82) is 0 Å². The van der Waals surface area contributed by atoms with E-state index in [-0.39, 0.29) is 0 Å². The lowest BCUT2D eigenvalue weighted by atomic mass is 10.1. The van der Waals surface area contributed by atoms with Crippen molar-refractivity contribution in [1.82, 2.24) is 14.3 Å². The van der Waals surface area contributed by atoms with Gasteiger partial charge in [0.15, 0.2) is 0 Å². The van der Waals surface area contributed by atoms with Crippen molar-refractivity contribution in [2.45, 2.75) is 33.1 Å². The molecule has 0 saturated carbocycles. The Bertz CT molecular complexity index is 278. The molecule has 17 heavy (non-hydrogen) atoms. The fourth-order valence-corrected chi connectivity index (χ4v) is 2.41. The fraction of sp³-hybridized carbons (Fsp3) is 1.00. The van der Waals surface area contributed by atoms with E-state index in [9.17, 15) is 8.42 Å². The Hall–Kier alpha value is -0.170. The summed E-state index contributed by atoms with van der Waals surface area (Å²) in [6.07, 6.45) is 2.76. The van der Waals surface area contributed by atoms with Crippen molar-refractivity contribution in [2.75, 3.05) is 33.7 Å². The maximum absolute atomic E-state index is 11.8. The van der Waals surface area contributed by atoms with Gasteiger partial charge in [-0.3, -0.25) is 0 Å². The van der Waals surface area contributed by atoms with Gasteiger partial charge in [0.2, 0.25) is 0 Å². The van der Waals surface area contributed by atoms with Gasteiger partial charge in [-0.2, -0.15) is 12.7 Å². The van der Waals surface area contributed by atoms with Gasteiger partial charge < -0.3 is 5.32 Å². The summed E-state index contributed by atoms with van der Waals surface area (Å²) in [5, 5.41) is 3.00. The molecule has 0 bridgehead atoms. The van der Waals surface area contributed by atoms with Crippen LogP contribution in [0.3, 0.4) is 0 Å². The highest BCUT2D eigenvalue weighted by Crippen LogP contribution is 2.03. The predicted molar refractivity (Wildman–Crippen MR) is 72.2 cm³/mol. The van der Waals surface area contributed by atoms with Gasteiger partial charge in [0.05, 0.1) is 0 Å². The van der Waals surface area contributed by atoms with Crippen molar-refractivity contribution in [3.8, 4) is 0 Å². The average Bonchev–Trinajstić information content (AvgIpc) is 2.24. The first kappa shape index (κ1) is 16.8. The van der Waals surface area contributed by atoms with Gasteiger partial charge in [-0.1, -0.05) is 13.8 Å². The minimum atomic E-state index is -3.28. The number of rotatable bonds is 10. The Morgan fingerprint density at radius 2 is 1.82 bits per heavy atom.